The van der Waals surface area contributed by atoms with Crippen LogP contribution in [-0.2, 0) is 4.74 Å². The predicted octanol–water partition coefficient (Wildman–Crippen LogP) is 3.21. The number of carbonyl (C=O) groups excluding carboxylic acids is 2. The zero-order valence-corrected chi connectivity index (χ0v) is 11.9. The van der Waals surface area contributed by atoms with E-state index in [2.05, 4.69) is 15.0 Å². The van der Waals surface area contributed by atoms with Gasteiger partial charge < -0.3 is 15.0 Å². The second-order valence-corrected chi connectivity index (χ2v) is 4.77. The second-order valence-electron chi connectivity index (χ2n) is 4.77. The second kappa shape index (κ2) is 5.73. The normalized spacial score (nSPS) is 10.4. The monoisotopic (exact) mass is 294 g/mol. The number of para-hydroxylation sites is 1. The van der Waals surface area contributed by atoms with E-state index in [9.17, 15) is 9.59 Å². The number of amides is 1. The average molecular weight is 294 g/mol. The maximum absolute atomic E-state index is 12.3. The Bertz CT molecular complexity index is 834. The Morgan fingerprint density at radius 1 is 1.05 bits per heavy atom. The van der Waals surface area contributed by atoms with Crippen molar-refractivity contribution in [1.82, 2.24) is 4.98 Å². The topological polar surface area (TPSA) is 71.2 Å². The first-order valence-electron chi connectivity index (χ1n) is 6.75. The molecule has 0 bridgehead atoms. The van der Waals surface area contributed by atoms with Crippen LogP contribution in [0.15, 0.2) is 54.7 Å². The Morgan fingerprint density at radius 2 is 1.77 bits per heavy atom. The van der Waals surface area contributed by atoms with Crippen molar-refractivity contribution in [3.8, 4) is 0 Å². The van der Waals surface area contributed by atoms with Crippen molar-refractivity contribution in [2.75, 3.05) is 12.4 Å². The highest BCUT2D eigenvalue weighted by Gasteiger charge is 2.12. The summed E-state index contributed by atoms with van der Waals surface area (Å²) in [6.07, 6.45) is 1.68. The fourth-order valence-corrected chi connectivity index (χ4v) is 2.27. The van der Waals surface area contributed by atoms with E-state index < -0.39 is 5.97 Å². The molecule has 0 aliphatic rings. The van der Waals surface area contributed by atoms with Crippen LogP contribution < -0.4 is 5.32 Å². The number of benzene rings is 2. The highest BCUT2D eigenvalue weighted by atomic mass is 16.5. The number of ether oxygens (including phenoxy) is 1. The van der Waals surface area contributed by atoms with Gasteiger partial charge >= 0.3 is 5.97 Å². The number of nitrogens with one attached hydrogen (secondary N) is 2. The van der Waals surface area contributed by atoms with Gasteiger partial charge in [-0.05, 0) is 30.3 Å². The molecule has 2 N–H and O–H groups in total. The Hall–Kier alpha value is -3.08. The van der Waals surface area contributed by atoms with E-state index in [4.69, 9.17) is 0 Å². The predicted molar refractivity (Wildman–Crippen MR) is 84.0 cm³/mol. The first-order chi connectivity index (χ1) is 10.7. The molecule has 0 spiro atoms. The lowest BCUT2D eigenvalue weighted by molar-refractivity contribution is 0.0600. The Balaban J connectivity index is 1.81. The van der Waals surface area contributed by atoms with Crippen LogP contribution in [0, 0.1) is 0 Å². The van der Waals surface area contributed by atoms with Gasteiger partial charge in [-0.15, -0.1) is 0 Å². The number of rotatable bonds is 3. The van der Waals surface area contributed by atoms with Crippen LogP contribution in [0.4, 0.5) is 5.69 Å². The van der Waals surface area contributed by atoms with Gasteiger partial charge in [0.1, 0.15) is 0 Å². The number of aromatic amines is 1. The molecule has 0 atom stereocenters. The molecule has 1 heterocycles. The third-order valence-corrected chi connectivity index (χ3v) is 3.40. The van der Waals surface area contributed by atoms with E-state index in [1.807, 2.05) is 24.3 Å². The fraction of sp³-hybridized carbons (Fsp3) is 0.0588. The summed E-state index contributed by atoms with van der Waals surface area (Å²) in [5, 5.41) is 3.68. The number of anilines is 1. The molecule has 1 aromatic heterocycles. The number of hydrogen-bond acceptors (Lipinski definition) is 3. The summed E-state index contributed by atoms with van der Waals surface area (Å²) in [5.41, 5.74) is 2.54. The molecular formula is C17H14N2O3. The van der Waals surface area contributed by atoms with E-state index in [1.54, 1.807) is 30.5 Å². The van der Waals surface area contributed by atoms with Crippen LogP contribution in [0.1, 0.15) is 20.7 Å². The number of esters is 1. The van der Waals surface area contributed by atoms with Gasteiger partial charge in [0.25, 0.3) is 5.91 Å². The lowest BCUT2D eigenvalue weighted by Gasteiger charge is -2.05. The number of methoxy groups -OCH3 is 1. The molecule has 0 saturated heterocycles. The number of carbonyl (C=O) groups is 2. The summed E-state index contributed by atoms with van der Waals surface area (Å²) in [6.45, 7) is 0. The molecule has 0 unspecified atom stereocenters. The molecule has 2 aromatic carbocycles. The molecule has 22 heavy (non-hydrogen) atoms. The maximum atomic E-state index is 12.3. The number of H-pyrrole nitrogens is 1. The maximum Gasteiger partial charge on any atom is 0.337 e. The summed E-state index contributed by atoms with van der Waals surface area (Å²) >= 11 is 0. The molecule has 110 valence electrons. The quantitative estimate of drug-likeness (QED) is 0.729. The first-order valence-corrected chi connectivity index (χ1v) is 6.75. The van der Waals surface area contributed by atoms with E-state index in [0.717, 1.165) is 10.9 Å². The molecule has 5 heteroatoms. The smallest absolute Gasteiger partial charge is 0.337 e. The minimum atomic E-state index is -0.408. The van der Waals surface area contributed by atoms with Crippen molar-refractivity contribution in [2.45, 2.75) is 0 Å². The van der Waals surface area contributed by atoms with E-state index in [0.29, 0.717) is 16.8 Å². The van der Waals surface area contributed by atoms with Crippen LogP contribution in [-0.4, -0.2) is 24.0 Å². The fourth-order valence-electron chi connectivity index (χ4n) is 2.27. The highest BCUT2D eigenvalue weighted by molar-refractivity contribution is 6.12. The van der Waals surface area contributed by atoms with Crippen molar-refractivity contribution in [1.29, 1.82) is 0 Å². The summed E-state index contributed by atoms with van der Waals surface area (Å²) in [7, 11) is 1.33. The van der Waals surface area contributed by atoms with Crippen molar-refractivity contribution in [3.63, 3.8) is 0 Å². The highest BCUT2D eigenvalue weighted by Crippen LogP contribution is 2.19. The van der Waals surface area contributed by atoms with Crippen LogP contribution in [0.5, 0.6) is 0 Å². The Kier molecular flexibility index (Phi) is 3.62. The van der Waals surface area contributed by atoms with Crippen LogP contribution >= 0.6 is 0 Å². The van der Waals surface area contributed by atoms with E-state index >= 15 is 0 Å². The zero-order chi connectivity index (χ0) is 15.5. The third kappa shape index (κ3) is 2.56. The molecule has 0 aliphatic carbocycles. The molecule has 0 radical (unpaired) electrons. The van der Waals surface area contributed by atoms with E-state index in [1.165, 1.54) is 7.11 Å². The van der Waals surface area contributed by atoms with Gasteiger partial charge in [0.05, 0.1) is 18.2 Å². The SMILES string of the molecule is COC(=O)c1ccc(NC(=O)c2c[nH]c3ccccc23)cc1. The molecule has 3 aromatic rings. The average Bonchev–Trinajstić information content (AvgIpc) is 2.99. The van der Waals surface area contributed by atoms with Crippen molar-refractivity contribution < 1.29 is 14.3 Å². The first kappa shape index (κ1) is 13.9. The number of aromatic nitrogens is 1. The lowest BCUT2D eigenvalue weighted by atomic mass is 10.1. The Morgan fingerprint density at radius 3 is 2.50 bits per heavy atom. The van der Waals surface area contributed by atoms with Gasteiger partial charge in [0.15, 0.2) is 0 Å². The van der Waals surface area contributed by atoms with Gasteiger partial charge in [-0.3, -0.25) is 4.79 Å². The zero-order valence-electron chi connectivity index (χ0n) is 11.9. The summed E-state index contributed by atoms with van der Waals surface area (Å²) in [5.74, 6) is -0.613. The van der Waals surface area contributed by atoms with Gasteiger partial charge in [0, 0.05) is 22.8 Å². The standard InChI is InChI=1S/C17H14N2O3/c1-22-17(21)11-6-8-12(9-7-11)19-16(20)14-10-18-15-5-3-2-4-13(14)15/h2-10,18H,1H3,(H,19,20). The molecule has 0 saturated carbocycles. The number of fused-ring (bicyclic) bond motifs is 1. The van der Waals surface area contributed by atoms with Crippen molar-refractivity contribution in [3.05, 3.63) is 65.9 Å². The molecule has 0 aliphatic heterocycles. The Labute approximate surface area is 126 Å². The molecule has 0 fully saturated rings. The van der Waals surface area contributed by atoms with Gasteiger partial charge in [-0.1, -0.05) is 18.2 Å². The summed E-state index contributed by atoms with van der Waals surface area (Å²) in [6, 6.07) is 14.1. The van der Waals surface area contributed by atoms with Gasteiger partial charge in [-0.2, -0.15) is 0 Å². The minimum absolute atomic E-state index is 0.205. The summed E-state index contributed by atoms with van der Waals surface area (Å²) < 4.78 is 4.63. The van der Waals surface area contributed by atoms with Crippen molar-refractivity contribution in [2.24, 2.45) is 0 Å². The summed E-state index contributed by atoms with van der Waals surface area (Å²) in [4.78, 5) is 26.8. The third-order valence-electron chi connectivity index (χ3n) is 3.40. The molecule has 1 amide bonds. The van der Waals surface area contributed by atoms with Gasteiger partial charge in [0.2, 0.25) is 0 Å². The van der Waals surface area contributed by atoms with Crippen LogP contribution in [0.3, 0.4) is 0 Å². The van der Waals surface area contributed by atoms with Gasteiger partial charge in [-0.25, -0.2) is 4.79 Å². The van der Waals surface area contributed by atoms with Crippen molar-refractivity contribution >= 4 is 28.5 Å². The van der Waals surface area contributed by atoms with Crippen LogP contribution in [0.25, 0.3) is 10.9 Å². The van der Waals surface area contributed by atoms with Crippen LogP contribution in [0.2, 0.25) is 0 Å². The molecule has 3 rings (SSSR count). The lowest BCUT2D eigenvalue weighted by Crippen LogP contribution is -2.11. The number of hydrogen-bond donors (Lipinski definition) is 2. The molecular weight excluding hydrogens is 280 g/mol. The minimum Gasteiger partial charge on any atom is -0.465 e. The van der Waals surface area contributed by atoms with E-state index in [-0.39, 0.29) is 5.91 Å². The molecule has 5 nitrogen and oxygen atoms in total. The largest absolute Gasteiger partial charge is 0.465 e.